The van der Waals surface area contributed by atoms with Crippen LogP contribution in [0.15, 0.2) is 34.2 Å². The van der Waals surface area contributed by atoms with Crippen LogP contribution in [-0.2, 0) is 22.4 Å². The SMILES string of the molecule is COC(=O)CSc1nc2sc3c(c2c(=O)n1-c1ccc(C)cc1)CCC3. The first-order chi connectivity index (χ1) is 12.6. The maximum absolute atomic E-state index is 13.4. The average molecular weight is 386 g/mol. The standard InChI is InChI=1S/C19H18N2O3S2/c1-11-6-8-12(9-7-11)21-18(23)16-13-4-3-5-14(13)26-17(16)20-19(21)25-10-15(22)24-2/h6-9H,3-5,10H2,1-2H3. The molecule has 134 valence electrons. The molecule has 1 aliphatic rings. The van der Waals surface area contributed by atoms with Crippen LogP contribution in [0.3, 0.4) is 0 Å². The Labute approximate surface area is 159 Å². The molecule has 0 bridgehead atoms. The number of esters is 1. The zero-order valence-corrected chi connectivity index (χ0v) is 16.2. The van der Waals surface area contributed by atoms with Crippen molar-refractivity contribution in [2.45, 2.75) is 31.3 Å². The van der Waals surface area contributed by atoms with Gasteiger partial charge in [0.2, 0.25) is 0 Å². The lowest BCUT2D eigenvalue weighted by Gasteiger charge is -2.12. The number of carbonyl (C=O) groups excluding carboxylic acids is 1. The van der Waals surface area contributed by atoms with Crippen molar-refractivity contribution in [1.82, 2.24) is 9.55 Å². The van der Waals surface area contributed by atoms with Crippen LogP contribution in [-0.4, -0.2) is 28.4 Å². The maximum atomic E-state index is 13.4. The van der Waals surface area contributed by atoms with Crippen molar-refractivity contribution >= 4 is 39.3 Å². The molecule has 0 aliphatic heterocycles. The number of thioether (sulfide) groups is 1. The van der Waals surface area contributed by atoms with Crippen molar-refractivity contribution in [2.75, 3.05) is 12.9 Å². The third kappa shape index (κ3) is 2.95. The first kappa shape index (κ1) is 17.3. The van der Waals surface area contributed by atoms with Gasteiger partial charge in [0.15, 0.2) is 5.16 Å². The minimum Gasteiger partial charge on any atom is -0.468 e. The summed E-state index contributed by atoms with van der Waals surface area (Å²) in [6, 6.07) is 7.77. The summed E-state index contributed by atoms with van der Waals surface area (Å²) in [5.41, 5.74) is 3.00. The van der Waals surface area contributed by atoms with Crippen molar-refractivity contribution in [3.8, 4) is 5.69 Å². The molecule has 0 unspecified atom stereocenters. The van der Waals surface area contributed by atoms with Gasteiger partial charge in [0.1, 0.15) is 4.83 Å². The van der Waals surface area contributed by atoms with Crippen LogP contribution in [0.25, 0.3) is 15.9 Å². The van der Waals surface area contributed by atoms with Crippen LogP contribution >= 0.6 is 23.1 Å². The molecule has 7 heteroatoms. The lowest BCUT2D eigenvalue weighted by Crippen LogP contribution is -2.22. The van der Waals surface area contributed by atoms with Gasteiger partial charge in [-0.15, -0.1) is 11.3 Å². The van der Waals surface area contributed by atoms with Gasteiger partial charge in [-0.3, -0.25) is 14.2 Å². The molecule has 0 radical (unpaired) electrons. The molecule has 5 nitrogen and oxygen atoms in total. The van der Waals surface area contributed by atoms with E-state index in [-0.39, 0.29) is 17.3 Å². The third-order valence-corrected chi connectivity index (χ3v) is 6.64. The fourth-order valence-corrected chi connectivity index (χ4v) is 5.37. The number of hydrogen-bond donors (Lipinski definition) is 0. The van der Waals surface area contributed by atoms with Gasteiger partial charge in [-0.25, -0.2) is 4.98 Å². The number of ether oxygens (including phenoxy) is 1. The number of carbonyl (C=O) groups is 1. The Morgan fingerprint density at radius 1 is 1.31 bits per heavy atom. The first-order valence-corrected chi connectivity index (χ1v) is 10.2. The molecule has 3 aromatic rings. The van der Waals surface area contributed by atoms with E-state index in [1.54, 1.807) is 15.9 Å². The van der Waals surface area contributed by atoms with Crippen molar-refractivity contribution in [1.29, 1.82) is 0 Å². The van der Waals surface area contributed by atoms with Crippen molar-refractivity contribution in [3.63, 3.8) is 0 Å². The summed E-state index contributed by atoms with van der Waals surface area (Å²) in [4.78, 5) is 31.7. The number of fused-ring (bicyclic) bond motifs is 3. The topological polar surface area (TPSA) is 61.2 Å². The lowest BCUT2D eigenvalue weighted by atomic mass is 10.2. The van der Waals surface area contributed by atoms with Gasteiger partial charge in [-0.05, 0) is 43.9 Å². The Bertz CT molecular complexity index is 1050. The van der Waals surface area contributed by atoms with Crippen LogP contribution in [0, 0.1) is 6.92 Å². The Morgan fingerprint density at radius 2 is 2.08 bits per heavy atom. The van der Waals surface area contributed by atoms with Crippen molar-refractivity contribution < 1.29 is 9.53 Å². The second-order valence-electron chi connectivity index (χ2n) is 6.27. The van der Waals surface area contributed by atoms with E-state index in [4.69, 9.17) is 9.72 Å². The highest BCUT2D eigenvalue weighted by atomic mass is 32.2. The summed E-state index contributed by atoms with van der Waals surface area (Å²) >= 11 is 2.84. The fourth-order valence-electron chi connectivity index (χ4n) is 3.23. The average Bonchev–Trinajstić information content (AvgIpc) is 3.21. The normalized spacial score (nSPS) is 13.2. The van der Waals surface area contributed by atoms with E-state index < -0.39 is 0 Å². The van der Waals surface area contributed by atoms with Gasteiger partial charge in [-0.2, -0.15) is 0 Å². The maximum Gasteiger partial charge on any atom is 0.316 e. The zero-order valence-electron chi connectivity index (χ0n) is 14.6. The van der Waals surface area contributed by atoms with Gasteiger partial charge in [-0.1, -0.05) is 29.5 Å². The Kier molecular flexibility index (Phi) is 4.58. The summed E-state index contributed by atoms with van der Waals surface area (Å²) in [7, 11) is 1.36. The Hall–Kier alpha value is -2.12. The number of nitrogens with zero attached hydrogens (tertiary/aromatic N) is 2. The molecule has 0 amide bonds. The minimum atomic E-state index is -0.339. The van der Waals surface area contributed by atoms with Crippen molar-refractivity contribution in [2.24, 2.45) is 0 Å². The third-order valence-electron chi connectivity index (χ3n) is 4.55. The molecule has 2 heterocycles. The fraction of sp³-hybridized carbons (Fsp3) is 0.316. The highest BCUT2D eigenvalue weighted by molar-refractivity contribution is 7.99. The molecular weight excluding hydrogens is 368 g/mol. The Balaban J connectivity index is 1.92. The molecule has 0 saturated carbocycles. The van der Waals surface area contributed by atoms with Crippen LogP contribution in [0.2, 0.25) is 0 Å². The molecule has 26 heavy (non-hydrogen) atoms. The highest BCUT2D eigenvalue weighted by Crippen LogP contribution is 2.36. The minimum absolute atomic E-state index is 0.0504. The second-order valence-corrected chi connectivity index (χ2v) is 8.30. The van der Waals surface area contributed by atoms with Gasteiger partial charge in [0.05, 0.1) is 23.9 Å². The zero-order chi connectivity index (χ0) is 18.3. The second kappa shape index (κ2) is 6.89. The van der Waals surface area contributed by atoms with E-state index >= 15 is 0 Å². The predicted molar refractivity (Wildman–Crippen MR) is 105 cm³/mol. The van der Waals surface area contributed by atoms with Crippen molar-refractivity contribution in [3.05, 3.63) is 50.6 Å². The number of benzene rings is 1. The van der Waals surface area contributed by atoms with Gasteiger partial charge in [0, 0.05) is 4.88 Å². The van der Waals surface area contributed by atoms with Crippen LogP contribution < -0.4 is 5.56 Å². The van der Waals surface area contributed by atoms with E-state index in [1.807, 2.05) is 31.2 Å². The molecule has 2 aromatic heterocycles. The molecule has 0 atom stereocenters. The van der Waals surface area contributed by atoms with E-state index in [0.29, 0.717) is 5.16 Å². The number of methoxy groups -OCH3 is 1. The molecule has 0 spiro atoms. The van der Waals surface area contributed by atoms with E-state index in [0.717, 1.165) is 46.3 Å². The molecular formula is C19H18N2O3S2. The number of aromatic nitrogens is 2. The summed E-state index contributed by atoms with van der Waals surface area (Å²) in [6.45, 7) is 2.01. The molecule has 0 N–H and O–H groups in total. The quantitative estimate of drug-likeness (QED) is 0.390. The lowest BCUT2D eigenvalue weighted by molar-refractivity contribution is -0.137. The summed E-state index contributed by atoms with van der Waals surface area (Å²) in [5.74, 6) is -0.223. The highest BCUT2D eigenvalue weighted by Gasteiger charge is 2.24. The van der Waals surface area contributed by atoms with Gasteiger partial charge in [0.25, 0.3) is 5.56 Å². The predicted octanol–water partition coefficient (Wildman–Crippen LogP) is 3.51. The molecule has 0 saturated heterocycles. The molecule has 1 aliphatic carbocycles. The van der Waals surface area contributed by atoms with Crippen LogP contribution in [0.1, 0.15) is 22.4 Å². The number of thiophene rings is 1. The largest absolute Gasteiger partial charge is 0.468 e. The molecule has 0 fully saturated rings. The smallest absolute Gasteiger partial charge is 0.316 e. The summed E-state index contributed by atoms with van der Waals surface area (Å²) in [6.07, 6.45) is 3.06. The number of rotatable bonds is 4. The van der Waals surface area contributed by atoms with Crippen LogP contribution in [0.5, 0.6) is 0 Å². The van der Waals surface area contributed by atoms with E-state index in [9.17, 15) is 9.59 Å². The van der Waals surface area contributed by atoms with Gasteiger partial charge >= 0.3 is 5.97 Å². The molecule has 1 aromatic carbocycles. The van der Waals surface area contributed by atoms with E-state index in [1.165, 1.54) is 23.7 Å². The number of hydrogen-bond acceptors (Lipinski definition) is 6. The van der Waals surface area contributed by atoms with Crippen LogP contribution in [0.4, 0.5) is 0 Å². The molecule has 4 rings (SSSR count). The first-order valence-electron chi connectivity index (χ1n) is 8.42. The number of aryl methyl sites for hydroxylation is 3. The monoisotopic (exact) mass is 386 g/mol. The van der Waals surface area contributed by atoms with E-state index in [2.05, 4.69) is 0 Å². The summed E-state index contributed by atoms with van der Waals surface area (Å²) in [5, 5.41) is 1.27. The van der Waals surface area contributed by atoms with Gasteiger partial charge < -0.3 is 4.74 Å². The Morgan fingerprint density at radius 3 is 2.81 bits per heavy atom. The summed E-state index contributed by atoms with van der Waals surface area (Å²) < 4.78 is 6.35.